The molecule has 0 radical (unpaired) electrons. The summed E-state index contributed by atoms with van der Waals surface area (Å²) in [6, 6.07) is 0.239. The van der Waals surface area contributed by atoms with Crippen LogP contribution >= 0.6 is 11.8 Å². The van der Waals surface area contributed by atoms with E-state index in [2.05, 4.69) is 21.3 Å². The fourth-order valence-electron chi connectivity index (χ4n) is 2.38. The molecule has 1 aliphatic rings. The zero-order valence-electron chi connectivity index (χ0n) is 10.6. The van der Waals surface area contributed by atoms with E-state index in [1.54, 1.807) is 0 Å². The maximum absolute atomic E-state index is 6.18. The molecule has 1 heterocycles. The summed E-state index contributed by atoms with van der Waals surface area (Å²) in [5, 5.41) is 0.858. The van der Waals surface area contributed by atoms with Crippen LogP contribution in [0.25, 0.3) is 0 Å². The van der Waals surface area contributed by atoms with Gasteiger partial charge in [0, 0.05) is 42.9 Å². The van der Waals surface area contributed by atoms with Crippen LogP contribution in [0, 0.1) is 0 Å². The van der Waals surface area contributed by atoms with Crippen molar-refractivity contribution in [3.05, 3.63) is 18.2 Å². The van der Waals surface area contributed by atoms with Crippen molar-refractivity contribution in [2.45, 2.75) is 49.8 Å². The summed E-state index contributed by atoms with van der Waals surface area (Å²) < 4.78 is 2.06. The fourth-order valence-corrected chi connectivity index (χ4v) is 3.68. The van der Waals surface area contributed by atoms with Crippen molar-refractivity contribution in [2.24, 2.45) is 12.8 Å². The lowest BCUT2D eigenvalue weighted by Gasteiger charge is -2.22. The van der Waals surface area contributed by atoms with Crippen LogP contribution in [-0.4, -0.2) is 26.6 Å². The van der Waals surface area contributed by atoms with Gasteiger partial charge in [-0.1, -0.05) is 19.3 Å². The highest BCUT2D eigenvalue weighted by Gasteiger charge is 2.16. The molecular formula is C13H23N3S. The molecular weight excluding hydrogens is 230 g/mol. The van der Waals surface area contributed by atoms with Crippen molar-refractivity contribution in [3.8, 4) is 0 Å². The highest BCUT2D eigenvalue weighted by atomic mass is 32.2. The third kappa shape index (κ3) is 4.03. The Morgan fingerprint density at radius 1 is 1.47 bits per heavy atom. The molecule has 17 heavy (non-hydrogen) atoms. The Hall–Kier alpha value is -0.480. The average Bonchev–Trinajstić information content (AvgIpc) is 2.74. The van der Waals surface area contributed by atoms with E-state index in [0.717, 1.165) is 23.2 Å². The van der Waals surface area contributed by atoms with Crippen molar-refractivity contribution in [3.63, 3.8) is 0 Å². The Morgan fingerprint density at radius 3 is 2.88 bits per heavy atom. The first-order valence-electron chi connectivity index (χ1n) is 6.59. The molecule has 1 aromatic rings. The van der Waals surface area contributed by atoms with Crippen LogP contribution in [0.1, 0.15) is 37.9 Å². The van der Waals surface area contributed by atoms with E-state index in [4.69, 9.17) is 5.73 Å². The molecule has 4 heteroatoms. The zero-order valence-corrected chi connectivity index (χ0v) is 11.5. The lowest BCUT2D eigenvalue weighted by Crippen LogP contribution is -2.28. The Balaban J connectivity index is 1.70. The smallest absolute Gasteiger partial charge is 0.109 e. The van der Waals surface area contributed by atoms with Gasteiger partial charge in [-0.2, -0.15) is 11.8 Å². The summed E-state index contributed by atoms with van der Waals surface area (Å²) in [5.74, 6) is 2.17. The fraction of sp³-hybridized carbons (Fsp3) is 0.769. The second kappa shape index (κ2) is 6.45. The maximum atomic E-state index is 6.18. The standard InChI is InChI=1S/C13H23N3S/c1-16-8-7-15-13(16)9-11(14)10-17-12-5-3-2-4-6-12/h7-8,11-12H,2-6,9-10,14H2,1H3. The minimum atomic E-state index is 0.239. The molecule has 2 N–H and O–H groups in total. The summed E-state index contributed by atoms with van der Waals surface area (Å²) in [7, 11) is 2.03. The molecule has 96 valence electrons. The summed E-state index contributed by atoms with van der Waals surface area (Å²) in [6.45, 7) is 0. The molecule has 3 nitrogen and oxygen atoms in total. The van der Waals surface area contributed by atoms with Crippen LogP contribution in [0.3, 0.4) is 0 Å². The molecule has 0 spiro atoms. The summed E-state index contributed by atoms with van der Waals surface area (Å²) >= 11 is 2.07. The summed E-state index contributed by atoms with van der Waals surface area (Å²) in [5.41, 5.74) is 6.18. The Labute approximate surface area is 108 Å². The molecule has 0 aliphatic heterocycles. The third-order valence-electron chi connectivity index (χ3n) is 3.46. The van der Waals surface area contributed by atoms with Crippen molar-refractivity contribution < 1.29 is 0 Å². The van der Waals surface area contributed by atoms with Gasteiger partial charge in [0.15, 0.2) is 0 Å². The van der Waals surface area contributed by atoms with Crippen LogP contribution in [0.15, 0.2) is 12.4 Å². The van der Waals surface area contributed by atoms with Gasteiger partial charge in [-0.05, 0) is 12.8 Å². The summed E-state index contributed by atoms with van der Waals surface area (Å²) in [6.07, 6.45) is 11.7. The summed E-state index contributed by atoms with van der Waals surface area (Å²) in [4.78, 5) is 4.32. The number of hydrogen-bond acceptors (Lipinski definition) is 3. The molecule has 2 rings (SSSR count). The van der Waals surface area contributed by atoms with Gasteiger partial charge in [-0.15, -0.1) is 0 Å². The van der Waals surface area contributed by atoms with E-state index >= 15 is 0 Å². The van der Waals surface area contributed by atoms with Gasteiger partial charge in [-0.3, -0.25) is 0 Å². The minimum Gasteiger partial charge on any atom is -0.338 e. The predicted octanol–water partition coefficient (Wildman–Crippen LogP) is 2.36. The number of thioether (sulfide) groups is 1. The maximum Gasteiger partial charge on any atom is 0.109 e. The Kier molecular flexibility index (Phi) is 4.92. The van der Waals surface area contributed by atoms with Crippen LogP contribution in [-0.2, 0) is 13.5 Å². The molecule has 0 amide bonds. The van der Waals surface area contributed by atoms with E-state index in [9.17, 15) is 0 Å². The van der Waals surface area contributed by atoms with E-state index < -0.39 is 0 Å². The first-order valence-corrected chi connectivity index (χ1v) is 7.64. The SMILES string of the molecule is Cn1ccnc1CC(N)CSC1CCCCC1. The largest absolute Gasteiger partial charge is 0.338 e. The van der Waals surface area contributed by atoms with Crippen LogP contribution < -0.4 is 5.73 Å². The minimum absolute atomic E-state index is 0.239. The van der Waals surface area contributed by atoms with E-state index in [-0.39, 0.29) is 6.04 Å². The van der Waals surface area contributed by atoms with E-state index in [1.807, 2.05) is 19.4 Å². The van der Waals surface area contributed by atoms with Gasteiger partial charge in [0.1, 0.15) is 5.82 Å². The molecule has 1 saturated carbocycles. The Morgan fingerprint density at radius 2 is 2.24 bits per heavy atom. The number of rotatable bonds is 5. The molecule has 1 unspecified atom stereocenters. The molecule has 1 atom stereocenters. The molecule has 0 aromatic carbocycles. The van der Waals surface area contributed by atoms with E-state index in [1.165, 1.54) is 32.1 Å². The predicted molar refractivity (Wildman–Crippen MR) is 74.2 cm³/mol. The normalized spacial score (nSPS) is 19.4. The van der Waals surface area contributed by atoms with Crippen LogP contribution in [0.4, 0.5) is 0 Å². The van der Waals surface area contributed by atoms with Gasteiger partial charge in [0.05, 0.1) is 0 Å². The van der Waals surface area contributed by atoms with Gasteiger partial charge in [0.2, 0.25) is 0 Å². The number of nitrogens with zero attached hydrogens (tertiary/aromatic N) is 2. The third-order valence-corrected chi connectivity index (χ3v) is 5.03. The van der Waals surface area contributed by atoms with Gasteiger partial charge >= 0.3 is 0 Å². The lowest BCUT2D eigenvalue weighted by molar-refractivity contribution is 0.515. The molecule has 0 saturated heterocycles. The number of hydrogen-bond donors (Lipinski definition) is 1. The second-order valence-electron chi connectivity index (χ2n) is 5.01. The highest BCUT2D eigenvalue weighted by molar-refractivity contribution is 7.99. The first kappa shape index (κ1) is 13.0. The topological polar surface area (TPSA) is 43.8 Å². The zero-order chi connectivity index (χ0) is 12.1. The molecule has 1 aliphatic carbocycles. The van der Waals surface area contributed by atoms with Gasteiger partial charge in [-0.25, -0.2) is 4.98 Å². The van der Waals surface area contributed by atoms with E-state index in [0.29, 0.717) is 0 Å². The van der Waals surface area contributed by atoms with Crippen LogP contribution in [0.2, 0.25) is 0 Å². The van der Waals surface area contributed by atoms with Crippen molar-refractivity contribution in [2.75, 3.05) is 5.75 Å². The molecule has 1 aromatic heterocycles. The van der Waals surface area contributed by atoms with Crippen molar-refractivity contribution >= 4 is 11.8 Å². The molecule has 1 fully saturated rings. The van der Waals surface area contributed by atoms with Crippen LogP contribution in [0.5, 0.6) is 0 Å². The monoisotopic (exact) mass is 253 g/mol. The highest BCUT2D eigenvalue weighted by Crippen LogP contribution is 2.28. The number of aromatic nitrogens is 2. The number of nitrogens with two attached hydrogens (primary N) is 1. The first-order chi connectivity index (χ1) is 8.25. The number of imidazole rings is 1. The second-order valence-corrected chi connectivity index (χ2v) is 6.35. The quantitative estimate of drug-likeness (QED) is 0.876. The van der Waals surface area contributed by atoms with Crippen molar-refractivity contribution in [1.29, 1.82) is 0 Å². The van der Waals surface area contributed by atoms with Crippen molar-refractivity contribution in [1.82, 2.24) is 9.55 Å². The Bertz CT molecular complexity index is 331. The van der Waals surface area contributed by atoms with Gasteiger partial charge in [0.25, 0.3) is 0 Å². The molecule has 0 bridgehead atoms. The lowest BCUT2D eigenvalue weighted by atomic mass is 10.0. The average molecular weight is 253 g/mol. The number of aryl methyl sites for hydroxylation is 1. The van der Waals surface area contributed by atoms with Gasteiger partial charge < -0.3 is 10.3 Å².